The topological polar surface area (TPSA) is 96.9 Å². The second-order valence-corrected chi connectivity index (χ2v) is 10.2. The third-order valence-electron chi connectivity index (χ3n) is 7.38. The van der Waals surface area contributed by atoms with Gasteiger partial charge in [-0.3, -0.25) is 4.79 Å². The quantitative estimate of drug-likeness (QED) is 0.332. The fourth-order valence-electron chi connectivity index (χ4n) is 5.69. The average molecular weight is 509 g/mol. The number of nitrogens with zero attached hydrogens (tertiary/aromatic N) is 4. The van der Waals surface area contributed by atoms with Crippen molar-refractivity contribution in [3.8, 4) is 11.1 Å². The number of pyridine rings is 2. The van der Waals surface area contributed by atoms with Crippen molar-refractivity contribution >= 4 is 33.9 Å². The van der Waals surface area contributed by atoms with Gasteiger partial charge in [0.15, 0.2) is 0 Å². The minimum atomic E-state index is -0.0984. The summed E-state index contributed by atoms with van der Waals surface area (Å²) in [5.74, 6) is 0.605. The van der Waals surface area contributed by atoms with Crippen molar-refractivity contribution in [2.45, 2.75) is 32.0 Å². The number of hydrogen-bond donors (Lipinski definition) is 2. The van der Waals surface area contributed by atoms with E-state index < -0.39 is 0 Å². The van der Waals surface area contributed by atoms with Crippen LogP contribution in [0.4, 0.5) is 11.5 Å². The first-order valence-electron chi connectivity index (χ1n) is 12.9. The van der Waals surface area contributed by atoms with Crippen molar-refractivity contribution in [2.75, 3.05) is 26.0 Å². The molecule has 0 spiro atoms. The zero-order valence-electron chi connectivity index (χ0n) is 21.3. The predicted molar refractivity (Wildman–Crippen MR) is 144 cm³/mol. The number of furan rings is 1. The summed E-state index contributed by atoms with van der Waals surface area (Å²) < 4.78 is 13.4. The lowest BCUT2D eigenvalue weighted by Crippen LogP contribution is -2.16. The maximum Gasteiger partial charge on any atom is 0.254 e. The number of anilines is 2. The number of fused-ring (bicyclic) bond motifs is 4. The van der Waals surface area contributed by atoms with E-state index in [1.54, 1.807) is 6.26 Å². The van der Waals surface area contributed by atoms with Gasteiger partial charge in [0.25, 0.3) is 5.91 Å². The Morgan fingerprint density at radius 2 is 2.08 bits per heavy atom. The summed E-state index contributed by atoms with van der Waals surface area (Å²) in [5, 5.41) is 12.0. The molecule has 0 bridgehead atoms. The van der Waals surface area contributed by atoms with Crippen LogP contribution in [-0.4, -0.2) is 46.1 Å². The van der Waals surface area contributed by atoms with Crippen LogP contribution in [0, 0.1) is 0 Å². The number of carbonyl (C=O) groups is 1. The van der Waals surface area contributed by atoms with Crippen LogP contribution in [0.1, 0.15) is 46.1 Å². The lowest BCUT2D eigenvalue weighted by Gasteiger charge is -2.19. The summed E-state index contributed by atoms with van der Waals surface area (Å²) in [6.07, 6.45) is 7.60. The molecule has 2 aliphatic rings. The maximum atomic E-state index is 13.0. The highest BCUT2D eigenvalue weighted by Crippen LogP contribution is 2.39. The Kier molecular flexibility index (Phi) is 5.41. The molecule has 6 heterocycles. The normalized spacial score (nSPS) is 17.0. The van der Waals surface area contributed by atoms with Crippen LogP contribution in [0.5, 0.6) is 0 Å². The highest BCUT2D eigenvalue weighted by molar-refractivity contribution is 6.08. The molecular weight excluding hydrogens is 480 g/mol. The Bertz CT molecular complexity index is 1700. The fraction of sp³-hybridized carbons (Fsp3) is 0.276. The van der Waals surface area contributed by atoms with E-state index in [0.29, 0.717) is 24.5 Å². The molecule has 2 N–H and O–H groups in total. The van der Waals surface area contributed by atoms with Crippen molar-refractivity contribution in [3.05, 3.63) is 77.4 Å². The van der Waals surface area contributed by atoms with Gasteiger partial charge in [0, 0.05) is 42.4 Å². The number of nitrogens with one attached hydrogen (secondary N) is 2. The van der Waals surface area contributed by atoms with Crippen LogP contribution >= 0.6 is 0 Å². The standard InChI is InChI=1S/C29H28N6O3/c1-34(2)16-23-18(24-4-3-12-37-24)6-8-26(33-23)32-22-7-5-17(20-14-30-29(36)27(20)22)21-15-31-35-11-9-25-19(28(21)35)10-13-38-25/h5-11,13,15,24H,3-4,12,14,16H2,1-2H3,(H,30,36)(H,32,33)/t24-/m1/s1. The van der Waals surface area contributed by atoms with Crippen LogP contribution in [0.25, 0.3) is 27.6 Å². The molecule has 38 heavy (non-hydrogen) atoms. The van der Waals surface area contributed by atoms with E-state index in [1.807, 2.05) is 55.3 Å². The second kappa shape index (κ2) is 8.97. The van der Waals surface area contributed by atoms with E-state index in [-0.39, 0.29) is 12.0 Å². The Hall–Kier alpha value is -4.21. The van der Waals surface area contributed by atoms with Gasteiger partial charge >= 0.3 is 0 Å². The molecule has 0 unspecified atom stereocenters. The predicted octanol–water partition coefficient (Wildman–Crippen LogP) is 5.04. The Balaban J connectivity index is 1.29. The first-order chi connectivity index (χ1) is 18.6. The van der Waals surface area contributed by atoms with Gasteiger partial charge in [-0.1, -0.05) is 12.1 Å². The van der Waals surface area contributed by atoms with Gasteiger partial charge in [-0.25, -0.2) is 9.50 Å². The average Bonchev–Trinajstić information content (AvgIpc) is 3.70. The summed E-state index contributed by atoms with van der Waals surface area (Å²) >= 11 is 0. The molecule has 1 aromatic carbocycles. The van der Waals surface area contributed by atoms with Crippen LogP contribution in [0.2, 0.25) is 0 Å². The van der Waals surface area contributed by atoms with Crippen molar-refractivity contribution < 1.29 is 13.9 Å². The zero-order valence-corrected chi connectivity index (χ0v) is 21.3. The van der Waals surface area contributed by atoms with E-state index in [2.05, 4.69) is 32.8 Å². The Morgan fingerprint density at radius 3 is 2.92 bits per heavy atom. The number of hydrogen-bond acceptors (Lipinski definition) is 7. The van der Waals surface area contributed by atoms with E-state index >= 15 is 0 Å². The molecule has 2 aliphatic heterocycles. The SMILES string of the molecule is CN(C)Cc1nc(Nc2ccc(-c3cnn4ccc5occc5c34)c3c2C(=O)NC3)ccc1[C@H]1CCCO1. The first kappa shape index (κ1) is 22.9. The molecule has 7 rings (SSSR count). The lowest BCUT2D eigenvalue weighted by atomic mass is 9.95. The summed E-state index contributed by atoms with van der Waals surface area (Å²) in [6, 6.07) is 12.0. The van der Waals surface area contributed by atoms with E-state index in [1.165, 1.54) is 0 Å². The molecule has 192 valence electrons. The van der Waals surface area contributed by atoms with E-state index in [9.17, 15) is 4.79 Å². The summed E-state index contributed by atoms with van der Waals surface area (Å²) in [6.45, 7) is 1.95. The molecule has 1 fully saturated rings. The minimum absolute atomic E-state index is 0.0911. The van der Waals surface area contributed by atoms with Gasteiger partial charge in [0.1, 0.15) is 11.4 Å². The largest absolute Gasteiger partial charge is 0.464 e. The lowest BCUT2D eigenvalue weighted by molar-refractivity contribution is 0.0966. The number of rotatable bonds is 6. The van der Waals surface area contributed by atoms with E-state index in [4.69, 9.17) is 14.1 Å². The smallest absolute Gasteiger partial charge is 0.254 e. The van der Waals surface area contributed by atoms with Gasteiger partial charge in [0.2, 0.25) is 0 Å². The third kappa shape index (κ3) is 3.74. The molecule has 4 aromatic heterocycles. The highest BCUT2D eigenvalue weighted by atomic mass is 16.5. The number of benzene rings is 1. The molecule has 5 aromatic rings. The summed E-state index contributed by atoms with van der Waals surface area (Å²) in [7, 11) is 4.07. The van der Waals surface area contributed by atoms with Gasteiger partial charge in [0.05, 0.1) is 41.0 Å². The number of carbonyl (C=O) groups excluding carboxylic acids is 1. The molecule has 1 atom stereocenters. The number of aromatic nitrogens is 3. The van der Waals surface area contributed by atoms with Gasteiger partial charge in [-0.2, -0.15) is 5.10 Å². The van der Waals surface area contributed by atoms with Crippen molar-refractivity contribution in [1.29, 1.82) is 0 Å². The van der Waals surface area contributed by atoms with Crippen molar-refractivity contribution in [3.63, 3.8) is 0 Å². The molecule has 1 saturated heterocycles. The van der Waals surface area contributed by atoms with Crippen LogP contribution < -0.4 is 10.6 Å². The van der Waals surface area contributed by atoms with Crippen molar-refractivity contribution in [1.82, 2.24) is 24.8 Å². The van der Waals surface area contributed by atoms with Crippen LogP contribution in [0.15, 0.2) is 59.5 Å². The summed E-state index contributed by atoms with van der Waals surface area (Å²) in [5.41, 5.74) is 8.13. The maximum absolute atomic E-state index is 13.0. The van der Waals surface area contributed by atoms with Crippen molar-refractivity contribution in [2.24, 2.45) is 0 Å². The molecule has 9 heteroatoms. The second-order valence-electron chi connectivity index (χ2n) is 10.2. The zero-order chi connectivity index (χ0) is 25.8. The minimum Gasteiger partial charge on any atom is -0.464 e. The third-order valence-corrected chi connectivity index (χ3v) is 7.38. The number of amides is 1. The van der Waals surface area contributed by atoms with Crippen LogP contribution in [0.3, 0.4) is 0 Å². The molecule has 1 amide bonds. The summed E-state index contributed by atoms with van der Waals surface area (Å²) in [4.78, 5) is 20.1. The Morgan fingerprint density at radius 1 is 1.16 bits per heavy atom. The molecular formula is C29H28N6O3. The molecule has 0 saturated carbocycles. The number of ether oxygens (including phenoxy) is 1. The van der Waals surface area contributed by atoms with Gasteiger partial charge in [-0.05, 0) is 62.3 Å². The van der Waals surface area contributed by atoms with Gasteiger partial charge < -0.3 is 24.7 Å². The first-order valence-corrected chi connectivity index (χ1v) is 12.9. The highest BCUT2D eigenvalue weighted by Gasteiger charge is 2.28. The fourth-order valence-corrected chi connectivity index (χ4v) is 5.69. The van der Waals surface area contributed by atoms with Crippen LogP contribution in [-0.2, 0) is 17.8 Å². The van der Waals surface area contributed by atoms with E-state index in [0.717, 1.165) is 69.6 Å². The molecule has 0 radical (unpaired) electrons. The monoisotopic (exact) mass is 508 g/mol. The molecule has 9 nitrogen and oxygen atoms in total. The van der Waals surface area contributed by atoms with Gasteiger partial charge in [-0.15, -0.1) is 0 Å². The molecule has 0 aliphatic carbocycles. The Labute approximate surface area is 219 Å².